The fourth-order valence-electron chi connectivity index (χ4n) is 2.39. The predicted molar refractivity (Wildman–Crippen MR) is 81.4 cm³/mol. The quantitative estimate of drug-likeness (QED) is 0.826. The fourth-order valence-corrected chi connectivity index (χ4v) is 2.54. The van der Waals surface area contributed by atoms with E-state index >= 15 is 0 Å². The van der Waals surface area contributed by atoms with Crippen molar-refractivity contribution in [3.8, 4) is 0 Å². The summed E-state index contributed by atoms with van der Waals surface area (Å²) in [7, 11) is 0. The van der Waals surface area contributed by atoms with Gasteiger partial charge < -0.3 is 10.6 Å². The molecule has 2 heterocycles. The molecule has 0 amide bonds. The van der Waals surface area contributed by atoms with E-state index in [9.17, 15) is 0 Å². The predicted octanol–water partition coefficient (Wildman–Crippen LogP) is 0.889. The lowest BCUT2D eigenvalue weighted by molar-refractivity contribution is 0.231. The van der Waals surface area contributed by atoms with Gasteiger partial charge in [-0.2, -0.15) is 0 Å². The second-order valence-electron chi connectivity index (χ2n) is 5.27. The molecular formula is C13H21N5S. The Kier molecular flexibility index (Phi) is 4.66. The van der Waals surface area contributed by atoms with Gasteiger partial charge in [-0.15, -0.1) is 0 Å². The van der Waals surface area contributed by atoms with E-state index in [0.717, 1.165) is 38.5 Å². The maximum atomic E-state index is 5.71. The van der Waals surface area contributed by atoms with Crippen LogP contribution in [0.15, 0.2) is 12.4 Å². The monoisotopic (exact) mass is 279 g/mol. The Morgan fingerprint density at radius 3 is 2.47 bits per heavy atom. The molecule has 0 saturated carbocycles. The van der Waals surface area contributed by atoms with Crippen LogP contribution in [0.1, 0.15) is 19.5 Å². The summed E-state index contributed by atoms with van der Waals surface area (Å²) in [5.74, 6) is 1.52. The first-order chi connectivity index (χ1) is 9.08. The van der Waals surface area contributed by atoms with E-state index in [0.29, 0.717) is 16.6 Å². The minimum Gasteiger partial charge on any atom is -0.388 e. The highest BCUT2D eigenvalue weighted by Crippen LogP contribution is 2.17. The summed E-state index contributed by atoms with van der Waals surface area (Å²) < 4.78 is 0. The highest BCUT2D eigenvalue weighted by molar-refractivity contribution is 7.80. The SMILES string of the molecule is CC(C)CN1CCN(c2nccnc2C(N)=S)CC1. The minimum atomic E-state index is 0.313. The zero-order valence-corrected chi connectivity index (χ0v) is 12.4. The van der Waals surface area contributed by atoms with Gasteiger partial charge in [0.05, 0.1) is 0 Å². The van der Waals surface area contributed by atoms with Crippen molar-refractivity contribution in [3.05, 3.63) is 18.1 Å². The summed E-state index contributed by atoms with van der Waals surface area (Å²) in [4.78, 5) is 13.6. The van der Waals surface area contributed by atoms with Gasteiger partial charge in [-0.05, 0) is 5.92 Å². The molecule has 1 fully saturated rings. The van der Waals surface area contributed by atoms with Gasteiger partial charge in [0.15, 0.2) is 5.82 Å². The topological polar surface area (TPSA) is 58.3 Å². The van der Waals surface area contributed by atoms with E-state index in [1.807, 2.05) is 0 Å². The van der Waals surface area contributed by atoms with E-state index in [1.54, 1.807) is 12.4 Å². The van der Waals surface area contributed by atoms with Crippen molar-refractivity contribution in [2.24, 2.45) is 11.7 Å². The molecule has 5 nitrogen and oxygen atoms in total. The molecule has 1 aliphatic rings. The van der Waals surface area contributed by atoms with E-state index in [4.69, 9.17) is 18.0 Å². The zero-order chi connectivity index (χ0) is 13.8. The van der Waals surface area contributed by atoms with Gasteiger partial charge in [0.1, 0.15) is 10.7 Å². The van der Waals surface area contributed by atoms with E-state index < -0.39 is 0 Å². The lowest BCUT2D eigenvalue weighted by Gasteiger charge is -2.36. The van der Waals surface area contributed by atoms with Gasteiger partial charge in [0.2, 0.25) is 0 Å². The van der Waals surface area contributed by atoms with Crippen LogP contribution in [0.4, 0.5) is 5.82 Å². The number of nitrogens with two attached hydrogens (primary N) is 1. The number of rotatable bonds is 4. The Balaban J connectivity index is 2.04. The van der Waals surface area contributed by atoms with Gasteiger partial charge in [-0.1, -0.05) is 26.1 Å². The third-order valence-corrected chi connectivity index (χ3v) is 3.40. The number of anilines is 1. The van der Waals surface area contributed by atoms with E-state index in [-0.39, 0.29) is 0 Å². The molecule has 2 rings (SSSR count). The smallest absolute Gasteiger partial charge is 0.157 e. The number of nitrogens with zero attached hydrogens (tertiary/aromatic N) is 4. The van der Waals surface area contributed by atoms with Gasteiger partial charge in [-0.25, -0.2) is 9.97 Å². The van der Waals surface area contributed by atoms with Crippen molar-refractivity contribution in [3.63, 3.8) is 0 Å². The Bertz CT molecular complexity index is 440. The molecule has 1 saturated heterocycles. The molecule has 0 bridgehead atoms. The van der Waals surface area contributed by atoms with Crippen molar-refractivity contribution in [2.75, 3.05) is 37.6 Å². The third-order valence-electron chi connectivity index (χ3n) is 3.21. The van der Waals surface area contributed by atoms with Crippen LogP contribution in [0.25, 0.3) is 0 Å². The molecule has 0 atom stereocenters. The lowest BCUT2D eigenvalue weighted by atomic mass is 10.2. The van der Waals surface area contributed by atoms with Crippen LogP contribution >= 0.6 is 12.2 Å². The standard InChI is InChI=1S/C13H21N5S/c1-10(2)9-17-5-7-18(8-6-17)13-11(12(14)19)15-3-4-16-13/h3-4,10H,5-9H2,1-2H3,(H2,14,19). The van der Waals surface area contributed by atoms with Crippen LogP contribution in [0.3, 0.4) is 0 Å². The zero-order valence-electron chi connectivity index (χ0n) is 11.5. The molecule has 1 aliphatic heterocycles. The first-order valence-electron chi connectivity index (χ1n) is 6.66. The maximum Gasteiger partial charge on any atom is 0.157 e. The summed E-state index contributed by atoms with van der Waals surface area (Å²) in [5.41, 5.74) is 6.34. The molecule has 6 heteroatoms. The third kappa shape index (κ3) is 3.61. The first-order valence-corrected chi connectivity index (χ1v) is 7.07. The van der Waals surface area contributed by atoms with Gasteiger partial charge in [0.25, 0.3) is 0 Å². The molecule has 0 spiro atoms. The number of piperazine rings is 1. The largest absolute Gasteiger partial charge is 0.388 e. The Hall–Kier alpha value is -1.27. The Morgan fingerprint density at radius 2 is 1.89 bits per heavy atom. The summed E-state index contributed by atoms with van der Waals surface area (Å²) >= 11 is 5.04. The van der Waals surface area contributed by atoms with Crippen molar-refractivity contribution >= 4 is 23.0 Å². The Morgan fingerprint density at radius 1 is 1.26 bits per heavy atom. The van der Waals surface area contributed by atoms with Crippen LogP contribution in [0.5, 0.6) is 0 Å². The number of hydrogen-bond donors (Lipinski definition) is 1. The molecule has 2 N–H and O–H groups in total. The van der Waals surface area contributed by atoms with Gasteiger partial charge in [-0.3, -0.25) is 4.90 Å². The minimum absolute atomic E-state index is 0.313. The molecule has 0 radical (unpaired) electrons. The summed E-state index contributed by atoms with van der Waals surface area (Å²) in [6.45, 7) is 9.63. The molecule has 104 valence electrons. The molecule has 0 aromatic carbocycles. The second kappa shape index (κ2) is 6.25. The van der Waals surface area contributed by atoms with Crippen LogP contribution in [-0.4, -0.2) is 52.6 Å². The molecule has 0 unspecified atom stereocenters. The second-order valence-corrected chi connectivity index (χ2v) is 5.71. The van der Waals surface area contributed by atoms with Crippen LogP contribution in [-0.2, 0) is 0 Å². The van der Waals surface area contributed by atoms with Crippen molar-refractivity contribution in [1.82, 2.24) is 14.9 Å². The van der Waals surface area contributed by atoms with Gasteiger partial charge >= 0.3 is 0 Å². The van der Waals surface area contributed by atoms with Crippen molar-refractivity contribution in [2.45, 2.75) is 13.8 Å². The molecule has 1 aromatic heterocycles. The summed E-state index contributed by atoms with van der Waals surface area (Å²) in [6.07, 6.45) is 3.32. The average Bonchev–Trinajstić information content (AvgIpc) is 2.39. The number of aromatic nitrogens is 2. The van der Waals surface area contributed by atoms with Crippen LogP contribution in [0.2, 0.25) is 0 Å². The highest BCUT2D eigenvalue weighted by atomic mass is 32.1. The summed E-state index contributed by atoms with van der Waals surface area (Å²) in [5, 5.41) is 0. The first kappa shape index (κ1) is 14.1. The fraction of sp³-hybridized carbons (Fsp3) is 0.615. The van der Waals surface area contributed by atoms with Gasteiger partial charge in [0, 0.05) is 45.1 Å². The molecule has 0 aliphatic carbocycles. The summed E-state index contributed by atoms with van der Waals surface area (Å²) in [6, 6.07) is 0. The average molecular weight is 279 g/mol. The number of thiocarbonyl (C=S) groups is 1. The maximum absolute atomic E-state index is 5.71. The van der Waals surface area contributed by atoms with Crippen molar-refractivity contribution in [1.29, 1.82) is 0 Å². The normalized spacial score (nSPS) is 16.9. The van der Waals surface area contributed by atoms with Crippen molar-refractivity contribution < 1.29 is 0 Å². The number of hydrogen-bond acceptors (Lipinski definition) is 5. The van der Waals surface area contributed by atoms with Crippen LogP contribution < -0.4 is 10.6 Å². The molecular weight excluding hydrogens is 258 g/mol. The molecule has 1 aromatic rings. The molecule has 19 heavy (non-hydrogen) atoms. The van der Waals surface area contributed by atoms with Crippen LogP contribution in [0, 0.1) is 5.92 Å². The lowest BCUT2D eigenvalue weighted by Crippen LogP contribution is -2.48. The Labute approximate surface area is 119 Å². The van der Waals surface area contributed by atoms with E-state index in [1.165, 1.54) is 0 Å². The highest BCUT2D eigenvalue weighted by Gasteiger charge is 2.21. The van der Waals surface area contributed by atoms with E-state index in [2.05, 4.69) is 33.6 Å².